The van der Waals surface area contributed by atoms with Crippen molar-refractivity contribution in [3.8, 4) is 28.8 Å². The highest BCUT2D eigenvalue weighted by Crippen LogP contribution is 2.32. The Bertz CT molecular complexity index is 995. The smallest absolute Gasteiger partial charge is 0.387 e. The molecule has 0 unspecified atom stereocenters. The van der Waals surface area contributed by atoms with E-state index in [4.69, 9.17) is 4.74 Å². The molecule has 7 heteroatoms. The lowest BCUT2D eigenvalue weighted by molar-refractivity contribution is -0.0512. The van der Waals surface area contributed by atoms with Crippen molar-refractivity contribution in [3.05, 3.63) is 64.5 Å². The number of nitrogens with zero attached hydrogens (tertiary/aromatic N) is 2. The predicted molar refractivity (Wildman–Crippen MR) is 101 cm³/mol. The zero-order valence-corrected chi connectivity index (χ0v) is 15.0. The number of thiazole rings is 1. The quantitative estimate of drug-likeness (QED) is 0.528. The van der Waals surface area contributed by atoms with Crippen LogP contribution in [0.3, 0.4) is 0 Å². The number of hydrogen-bond acceptors (Lipinski definition) is 5. The summed E-state index contributed by atoms with van der Waals surface area (Å²) in [6, 6.07) is 16.3. The molecule has 3 aromatic rings. The largest absolute Gasteiger partial charge is 0.493 e. The van der Waals surface area contributed by atoms with Crippen LogP contribution in [0.1, 0.15) is 10.6 Å². The molecular formula is C20H14F2N2O2S. The van der Waals surface area contributed by atoms with Gasteiger partial charge in [-0.2, -0.15) is 14.0 Å². The Labute approximate surface area is 158 Å². The van der Waals surface area contributed by atoms with Crippen molar-refractivity contribution in [2.24, 2.45) is 0 Å². The van der Waals surface area contributed by atoms with Crippen LogP contribution in [-0.2, 0) is 0 Å². The van der Waals surface area contributed by atoms with Gasteiger partial charge in [0, 0.05) is 10.9 Å². The lowest BCUT2D eigenvalue weighted by atomic mass is 10.1. The molecule has 0 radical (unpaired) electrons. The van der Waals surface area contributed by atoms with Gasteiger partial charge >= 0.3 is 6.61 Å². The second kappa shape index (κ2) is 8.43. The van der Waals surface area contributed by atoms with E-state index in [2.05, 4.69) is 15.8 Å². The van der Waals surface area contributed by atoms with Crippen LogP contribution in [0.5, 0.6) is 11.5 Å². The molecule has 0 aliphatic heterocycles. The molecular weight excluding hydrogens is 370 g/mol. The Hall–Kier alpha value is -3.24. The van der Waals surface area contributed by atoms with Crippen molar-refractivity contribution in [2.75, 3.05) is 7.11 Å². The van der Waals surface area contributed by atoms with Crippen molar-refractivity contribution >= 4 is 23.0 Å². The van der Waals surface area contributed by atoms with E-state index in [1.807, 2.05) is 35.7 Å². The van der Waals surface area contributed by atoms with Crippen LogP contribution in [0.4, 0.5) is 8.78 Å². The molecule has 0 aliphatic carbocycles. The summed E-state index contributed by atoms with van der Waals surface area (Å²) in [6.45, 7) is -2.97. The van der Waals surface area contributed by atoms with E-state index in [0.29, 0.717) is 16.1 Å². The molecule has 0 saturated carbocycles. The first-order chi connectivity index (χ1) is 13.1. The Morgan fingerprint density at radius 2 is 1.96 bits per heavy atom. The fourth-order valence-electron chi connectivity index (χ4n) is 2.42. The number of benzene rings is 2. The summed E-state index contributed by atoms with van der Waals surface area (Å²) in [6.07, 6.45) is 1.57. The van der Waals surface area contributed by atoms with Gasteiger partial charge in [0.15, 0.2) is 11.5 Å². The van der Waals surface area contributed by atoms with Crippen molar-refractivity contribution in [1.29, 1.82) is 5.26 Å². The topological polar surface area (TPSA) is 55.1 Å². The summed E-state index contributed by atoms with van der Waals surface area (Å²) >= 11 is 1.34. The maximum atomic E-state index is 12.6. The van der Waals surface area contributed by atoms with Crippen LogP contribution in [0.25, 0.3) is 22.9 Å². The van der Waals surface area contributed by atoms with Gasteiger partial charge in [0.2, 0.25) is 0 Å². The summed E-state index contributed by atoms with van der Waals surface area (Å²) in [5, 5.41) is 11.9. The maximum Gasteiger partial charge on any atom is 0.387 e. The normalized spacial score (nSPS) is 11.3. The Morgan fingerprint density at radius 1 is 1.19 bits per heavy atom. The number of halogens is 2. The number of ether oxygens (including phenoxy) is 2. The van der Waals surface area contributed by atoms with Gasteiger partial charge in [0.25, 0.3) is 0 Å². The molecule has 0 amide bonds. The number of methoxy groups -OCH3 is 1. The predicted octanol–water partition coefficient (Wildman–Crippen LogP) is 5.48. The lowest BCUT2D eigenvalue weighted by Crippen LogP contribution is -2.03. The third-order valence-corrected chi connectivity index (χ3v) is 4.51. The summed E-state index contributed by atoms with van der Waals surface area (Å²) in [4.78, 5) is 4.50. The Morgan fingerprint density at radius 3 is 2.63 bits per heavy atom. The molecule has 0 bridgehead atoms. The van der Waals surface area contributed by atoms with Crippen molar-refractivity contribution < 1.29 is 18.3 Å². The molecule has 0 atom stereocenters. The first-order valence-corrected chi connectivity index (χ1v) is 8.74. The summed E-state index contributed by atoms with van der Waals surface area (Å²) in [5.74, 6) is 0.0919. The molecule has 0 fully saturated rings. The van der Waals surface area contributed by atoms with Gasteiger partial charge in [-0.3, -0.25) is 0 Å². The van der Waals surface area contributed by atoms with E-state index in [9.17, 15) is 14.0 Å². The number of alkyl halides is 2. The average molecular weight is 384 g/mol. The number of nitriles is 1. The van der Waals surface area contributed by atoms with E-state index in [1.54, 1.807) is 12.1 Å². The van der Waals surface area contributed by atoms with E-state index in [0.717, 1.165) is 11.3 Å². The molecule has 4 nitrogen and oxygen atoms in total. The Balaban J connectivity index is 1.93. The minimum Gasteiger partial charge on any atom is -0.493 e. The molecule has 0 aliphatic rings. The first-order valence-electron chi connectivity index (χ1n) is 7.86. The number of allylic oxidation sites excluding steroid dienone is 1. The van der Waals surface area contributed by atoms with Crippen LogP contribution in [0.15, 0.2) is 53.9 Å². The van der Waals surface area contributed by atoms with Gasteiger partial charge in [0.05, 0.1) is 18.4 Å². The number of aromatic nitrogens is 1. The van der Waals surface area contributed by atoms with Gasteiger partial charge in [-0.1, -0.05) is 36.4 Å². The minimum absolute atomic E-state index is 0.0948. The molecule has 1 heterocycles. The van der Waals surface area contributed by atoms with Crippen molar-refractivity contribution in [2.45, 2.75) is 6.61 Å². The molecule has 0 spiro atoms. The van der Waals surface area contributed by atoms with Crippen LogP contribution >= 0.6 is 11.3 Å². The molecule has 0 saturated heterocycles. The van der Waals surface area contributed by atoms with Crippen molar-refractivity contribution in [1.82, 2.24) is 4.98 Å². The molecule has 3 rings (SSSR count). The van der Waals surface area contributed by atoms with Crippen LogP contribution in [0.2, 0.25) is 0 Å². The fourth-order valence-corrected chi connectivity index (χ4v) is 3.21. The molecule has 0 N–H and O–H groups in total. The molecule has 27 heavy (non-hydrogen) atoms. The second-order valence-corrected chi connectivity index (χ2v) is 6.22. The van der Waals surface area contributed by atoms with Crippen molar-refractivity contribution in [3.63, 3.8) is 0 Å². The Kier molecular flexibility index (Phi) is 5.79. The van der Waals surface area contributed by atoms with Gasteiger partial charge in [-0.15, -0.1) is 11.3 Å². The van der Waals surface area contributed by atoms with Gasteiger partial charge in [-0.05, 0) is 23.8 Å². The van der Waals surface area contributed by atoms with E-state index >= 15 is 0 Å². The maximum absolute atomic E-state index is 12.6. The highest BCUT2D eigenvalue weighted by atomic mass is 32.1. The first kappa shape index (κ1) is 18.5. The summed E-state index contributed by atoms with van der Waals surface area (Å²) in [7, 11) is 1.37. The monoisotopic (exact) mass is 384 g/mol. The third kappa shape index (κ3) is 4.49. The standard InChI is InChI=1S/C20H14F2N2O2S/c1-25-17-8-7-13(10-18(17)26-20(21)22)9-15(11-23)19-24-16(12-27-19)14-5-3-2-4-6-14/h2-10,12,20H,1H3/b15-9+. The molecule has 1 aromatic heterocycles. The SMILES string of the molecule is COc1ccc(/C=C(\C#N)c2nc(-c3ccccc3)cs2)cc1OC(F)F. The fraction of sp³-hybridized carbons (Fsp3) is 0.100. The van der Waals surface area contributed by atoms with Crippen LogP contribution < -0.4 is 9.47 Å². The zero-order valence-electron chi connectivity index (χ0n) is 14.2. The minimum atomic E-state index is -2.97. The summed E-state index contributed by atoms with van der Waals surface area (Å²) in [5.41, 5.74) is 2.58. The highest BCUT2D eigenvalue weighted by Gasteiger charge is 2.13. The third-order valence-electron chi connectivity index (χ3n) is 3.64. The van der Waals surface area contributed by atoms with E-state index in [1.165, 1.54) is 30.6 Å². The van der Waals surface area contributed by atoms with Crippen LogP contribution in [-0.4, -0.2) is 18.7 Å². The van der Waals surface area contributed by atoms with Gasteiger partial charge < -0.3 is 9.47 Å². The summed E-state index contributed by atoms with van der Waals surface area (Å²) < 4.78 is 34.6. The van der Waals surface area contributed by atoms with Crippen LogP contribution in [0, 0.1) is 11.3 Å². The molecule has 2 aromatic carbocycles. The zero-order chi connectivity index (χ0) is 19.2. The number of hydrogen-bond donors (Lipinski definition) is 0. The second-order valence-electron chi connectivity index (χ2n) is 5.36. The average Bonchev–Trinajstić information content (AvgIpc) is 3.16. The number of rotatable bonds is 6. The van der Waals surface area contributed by atoms with E-state index in [-0.39, 0.29) is 11.5 Å². The van der Waals surface area contributed by atoms with Gasteiger partial charge in [0.1, 0.15) is 11.1 Å². The van der Waals surface area contributed by atoms with Gasteiger partial charge in [-0.25, -0.2) is 4.98 Å². The highest BCUT2D eigenvalue weighted by molar-refractivity contribution is 7.11. The van der Waals surface area contributed by atoms with E-state index < -0.39 is 6.61 Å². The lowest BCUT2D eigenvalue weighted by Gasteiger charge is -2.10. The molecule has 136 valence electrons.